The third-order valence-electron chi connectivity index (χ3n) is 4.01. The lowest BCUT2D eigenvalue weighted by atomic mass is 9.92. The van der Waals surface area contributed by atoms with Crippen molar-refractivity contribution in [1.82, 2.24) is 5.32 Å². The molecule has 0 aliphatic heterocycles. The lowest BCUT2D eigenvalue weighted by Gasteiger charge is -2.23. The normalized spacial score (nSPS) is 12.2. The van der Waals surface area contributed by atoms with Gasteiger partial charge in [-0.3, -0.25) is 0 Å². The van der Waals surface area contributed by atoms with Crippen LogP contribution in [-0.2, 0) is 0 Å². The van der Waals surface area contributed by atoms with Gasteiger partial charge in [0.1, 0.15) is 5.75 Å². The SMILES string of the molecule is CNC(c1ccccc1C)c1ccc(C)c(C)c1OC. The highest BCUT2D eigenvalue weighted by Crippen LogP contribution is 2.34. The number of benzene rings is 2. The van der Waals surface area contributed by atoms with Crippen molar-refractivity contribution >= 4 is 0 Å². The summed E-state index contributed by atoms with van der Waals surface area (Å²) < 4.78 is 5.66. The van der Waals surface area contributed by atoms with Crippen LogP contribution < -0.4 is 10.1 Å². The molecule has 0 aromatic heterocycles. The summed E-state index contributed by atoms with van der Waals surface area (Å²) in [5.41, 5.74) is 6.22. The molecule has 0 amide bonds. The quantitative estimate of drug-likeness (QED) is 0.908. The molecule has 0 aliphatic rings. The van der Waals surface area contributed by atoms with Crippen LogP contribution in [0, 0.1) is 20.8 Å². The predicted octanol–water partition coefficient (Wildman–Crippen LogP) is 3.93. The van der Waals surface area contributed by atoms with Crippen LogP contribution in [0.5, 0.6) is 5.75 Å². The monoisotopic (exact) mass is 269 g/mol. The zero-order valence-electron chi connectivity index (χ0n) is 12.9. The number of rotatable bonds is 4. The zero-order chi connectivity index (χ0) is 14.7. The number of hydrogen-bond donors (Lipinski definition) is 1. The highest BCUT2D eigenvalue weighted by Gasteiger charge is 2.19. The Bertz CT molecular complexity index is 604. The lowest BCUT2D eigenvalue weighted by Crippen LogP contribution is -2.19. The van der Waals surface area contributed by atoms with E-state index in [1.165, 1.54) is 27.8 Å². The second-order valence-electron chi connectivity index (χ2n) is 5.21. The van der Waals surface area contributed by atoms with Gasteiger partial charge in [-0.25, -0.2) is 0 Å². The van der Waals surface area contributed by atoms with E-state index in [0.717, 1.165) is 5.75 Å². The van der Waals surface area contributed by atoms with Gasteiger partial charge in [-0.15, -0.1) is 0 Å². The third-order valence-corrected chi connectivity index (χ3v) is 4.01. The van der Waals surface area contributed by atoms with Crippen LogP contribution in [0.25, 0.3) is 0 Å². The summed E-state index contributed by atoms with van der Waals surface area (Å²) in [5.74, 6) is 0.979. The fourth-order valence-electron chi connectivity index (χ4n) is 2.70. The van der Waals surface area contributed by atoms with Gasteiger partial charge in [-0.2, -0.15) is 0 Å². The maximum absolute atomic E-state index is 5.66. The highest BCUT2D eigenvalue weighted by atomic mass is 16.5. The minimum absolute atomic E-state index is 0.144. The van der Waals surface area contributed by atoms with E-state index in [2.05, 4.69) is 62.5 Å². The van der Waals surface area contributed by atoms with Gasteiger partial charge in [0.05, 0.1) is 13.2 Å². The second-order valence-corrected chi connectivity index (χ2v) is 5.21. The minimum atomic E-state index is 0.144. The van der Waals surface area contributed by atoms with Crippen LogP contribution >= 0.6 is 0 Å². The fraction of sp³-hybridized carbons (Fsp3) is 0.333. The van der Waals surface area contributed by atoms with Gasteiger partial charge in [0.15, 0.2) is 0 Å². The Morgan fingerprint density at radius 1 is 0.900 bits per heavy atom. The van der Waals surface area contributed by atoms with Crippen LogP contribution in [0.15, 0.2) is 36.4 Å². The molecule has 0 radical (unpaired) electrons. The van der Waals surface area contributed by atoms with Crippen LogP contribution in [-0.4, -0.2) is 14.2 Å². The Morgan fingerprint density at radius 3 is 2.20 bits per heavy atom. The Labute approximate surface area is 121 Å². The van der Waals surface area contributed by atoms with E-state index in [-0.39, 0.29) is 6.04 Å². The number of aryl methyl sites for hydroxylation is 2. The van der Waals surface area contributed by atoms with Gasteiger partial charge >= 0.3 is 0 Å². The molecule has 2 nitrogen and oxygen atoms in total. The van der Waals surface area contributed by atoms with Crippen LogP contribution in [0.1, 0.15) is 33.9 Å². The molecular formula is C18H23NO. The summed E-state index contributed by atoms with van der Waals surface area (Å²) in [4.78, 5) is 0. The van der Waals surface area contributed by atoms with Crippen molar-refractivity contribution in [2.24, 2.45) is 0 Å². The summed E-state index contributed by atoms with van der Waals surface area (Å²) in [6.07, 6.45) is 0. The van der Waals surface area contributed by atoms with Crippen molar-refractivity contribution in [1.29, 1.82) is 0 Å². The van der Waals surface area contributed by atoms with Crippen molar-refractivity contribution in [3.8, 4) is 5.75 Å². The zero-order valence-corrected chi connectivity index (χ0v) is 12.9. The first-order chi connectivity index (χ1) is 9.60. The molecule has 2 heteroatoms. The third kappa shape index (κ3) is 2.56. The van der Waals surface area contributed by atoms with Crippen molar-refractivity contribution < 1.29 is 4.74 Å². The molecule has 1 atom stereocenters. The summed E-state index contributed by atoms with van der Waals surface area (Å²) in [7, 11) is 3.74. The fourth-order valence-corrected chi connectivity index (χ4v) is 2.70. The van der Waals surface area contributed by atoms with Crippen LogP contribution in [0.2, 0.25) is 0 Å². The van der Waals surface area contributed by atoms with Gasteiger partial charge < -0.3 is 10.1 Å². The Balaban J connectivity index is 2.59. The molecule has 0 aliphatic carbocycles. The standard InChI is InChI=1S/C18H23NO/c1-12-10-11-16(18(20-5)14(12)3)17(19-4)15-9-7-6-8-13(15)2/h6-11,17,19H,1-5H3. The van der Waals surface area contributed by atoms with Crippen molar-refractivity contribution in [2.75, 3.05) is 14.2 Å². The van der Waals surface area contributed by atoms with Crippen molar-refractivity contribution in [3.05, 3.63) is 64.2 Å². The molecule has 2 rings (SSSR count). The number of ether oxygens (including phenoxy) is 1. The largest absolute Gasteiger partial charge is 0.496 e. The molecule has 0 spiro atoms. The first kappa shape index (κ1) is 14.6. The maximum atomic E-state index is 5.66. The summed E-state index contributed by atoms with van der Waals surface area (Å²) in [6.45, 7) is 6.37. The van der Waals surface area contributed by atoms with E-state index >= 15 is 0 Å². The molecule has 20 heavy (non-hydrogen) atoms. The van der Waals surface area contributed by atoms with Crippen LogP contribution in [0.3, 0.4) is 0 Å². The number of methoxy groups -OCH3 is 1. The molecule has 106 valence electrons. The molecule has 1 unspecified atom stereocenters. The smallest absolute Gasteiger partial charge is 0.127 e. The molecule has 1 N–H and O–H groups in total. The summed E-state index contributed by atoms with van der Waals surface area (Å²) in [6, 6.07) is 12.9. The molecule has 0 bridgehead atoms. The van der Waals surface area contributed by atoms with Gasteiger partial charge in [0.25, 0.3) is 0 Å². The molecule has 2 aromatic carbocycles. The van der Waals surface area contributed by atoms with E-state index in [4.69, 9.17) is 4.74 Å². The Hall–Kier alpha value is -1.80. The van der Waals surface area contributed by atoms with E-state index in [1.54, 1.807) is 7.11 Å². The molecular weight excluding hydrogens is 246 g/mol. The van der Waals surface area contributed by atoms with Crippen LogP contribution in [0.4, 0.5) is 0 Å². The van der Waals surface area contributed by atoms with Gasteiger partial charge in [0, 0.05) is 5.56 Å². The first-order valence-electron chi connectivity index (χ1n) is 6.97. The summed E-state index contributed by atoms with van der Waals surface area (Å²) >= 11 is 0. The molecule has 0 heterocycles. The topological polar surface area (TPSA) is 21.3 Å². The van der Waals surface area contributed by atoms with Gasteiger partial charge in [0.2, 0.25) is 0 Å². The average molecular weight is 269 g/mol. The molecule has 0 fully saturated rings. The second kappa shape index (κ2) is 6.10. The van der Waals surface area contributed by atoms with Gasteiger partial charge in [-0.1, -0.05) is 36.4 Å². The van der Waals surface area contributed by atoms with E-state index in [9.17, 15) is 0 Å². The molecule has 0 saturated heterocycles. The van der Waals surface area contributed by atoms with Gasteiger partial charge in [-0.05, 0) is 50.1 Å². The van der Waals surface area contributed by atoms with Crippen molar-refractivity contribution in [3.63, 3.8) is 0 Å². The number of nitrogens with one attached hydrogen (secondary N) is 1. The summed E-state index contributed by atoms with van der Waals surface area (Å²) in [5, 5.41) is 3.42. The minimum Gasteiger partial charge on any atom is -0.496 e. The van der Waals surface area contributed by atoms with Crippen molar-refractivity contribution in [2.45, 2.75) is 26.8 Å². The van der Waals surface area contributed by atoms with E-state index in [0.29, 0.717) is 0 Å². The lowest BCUT2D eigenvalue weighted by molar-refractivity contribution is 0.402. The molecule has 2 aromatic rings. The number of hydrogen-bond acceptors (Lipinski definition) is 2. The van der Waals surface area contributed by atoms with E-state index < -0.39 is 0 Å². The Morgan fingerprint density at radius 2 is 1.60 bits per heavy atom. The predicted molar refractivity (Wildman–Crippen MR) is 84.5 cm³/mol. The highest BCUT2D eigenvalue weighted by molar-refractivity contribution is 5.50. The average Bonchev–Trinajstić information content (AvgIpc) is 2.45. The maximum Gasteiger partial charge on any atom is 0.127 e. The van der Waals surface area contributed by atoms with E-state index in [1.807, 2.05) is 7.05 Å². The Kier molecular flexibility index (Phi) is 4.46. The first-order valence-corrected chi connectivity index (χ1v) is 6.97. The molecule has 0 saturated carbocycles.